The Morgan fingerprint density at radius 2 is 1.74 bits per heavy atom. The van der Waals surface area contributed by atoms with E-state index in [-0.39, 0.29) is 18.4 Å². The molecule has 1 aromatic heterocycles. The molecule has 0 saturated heterocycles. The van der Waals surface area contributed by atoms with Crippen molar-refractivity contribution in [1.29, 1.82) is 0 Å². The Hall–Kier alpha value is -1.81. The molecule has 1 heterocycles. The van der Waals surface area contributed by atoms with Crippen LogP contribution in [0.3, 0.4) is 0 Å². The topological polar surface area (TPSA) is 37.2 Å². The largest absolute Gasteiger partial charge is 0.389 e. The van der Waals surface area contributed by atoms with Crippen LogP contribution in [0.4, 0.5) is 0 Å². The Morgan fingerprint density at radius 3 is 2.43 bits per heavy atom. The number of para-hydroxylation sites is 1. The van der Waals surface area contributed by atoms with Crippen LogP contribution in [-0.4, -0.2) is 29.4 Å². The fraction of sp³-hybridized carbons (Fsp3) is 0.263. The van der Waals surface area contributed by atoms with Crippen LogP contribution in [0, 0.1) is 6.92 Å². The molecule has 2 N–H and O–H groups in total. The third kappa shape index (κ3) is 3.58. The van der Waals surface area contributed by atoms with Crippen molar-refractivity contribution in [3.8, 4) is 0 Å². The molecule has 0 bridgehead atoms. The number of aliphatic hydroxyl groups excluding tert-OH is 1. The van der Waals surface area contributed by atoms with Crippen molar-refractivity contribution in [3.63, 3.8) is 0 Å². The average Bonchev–Trinajstić information content (AvgIpc) is 2.94. The van der Waals surface area contributed by atoms with E-state index in [0.717, 1.165) is 11.1 Å². The summed E-state index contributed by atoms with van der Waals surface area (Å²) >= 11 is 0. The molecule has 0 saturated carbocycles. The average molecular weight is 331 g/mol. The van der Waals surface area contributed by atoms with Crippen molar-refractivity contribution < 1.29 is 5.11 Å². The zero-order valence-electron chi connectivity index (χ0n) is 13.4. The minimum absolute atomic E-state index is 0. The summed E-state index contributed by atoms with van der Waals surface area (Å²) in [5.41, 5.74) is 3.49. The molecule has 4 heteroatoms. The molecule has 2 aromatic carbocycles. The van der Waals surface area contributed by atoms with Gasteiger partial charge in [-0.25, -0.2) is 0 Å². The Balaban J connectivity index is 0.00000192. The number of nitrogens with one attached hydrogen (secondary N) is 1. The summed E-state index contributed by atoms with van der Waals surface area (Å²) in [6.45, 7) is 2.62. The molecule has 0 amide bonds. The van der Waals surface area contributed by atoms with E-state index in [1.807, 2.05) is 19.2 Å². The summed E-state index contributed by atoms with van der Waals surface area (Å²) in [4.78, 5) is 0. The van der Waals surface area contributed by atoms with E-state index in [1.54, 1.807) is 0 Å². The minimum Gasteiger partial charge on any atom is -0.389 e. The molecule has 3 rings (SSSR count). The normalized spacial score (nSPS) is 13.5. The van der Waals surface area contributed by atoms with Crippen LogP contribution >= 0.6 is 12.4 Å². The van der Waals surface area contributed by atoms with Crippen molar-refractivity contribution in [1.82, 2.24) is 9.88 Å². The molecule has 23 heavy (non-hydrogen) atoms. The minimum atomic E-state index is -0.497. The Kier molecular flexibility index (Phi) is 5.83. The summed E-state index contributed by atoms with van der Waals surface area (Å²) in [6.07, 6.45) is 1.57. The molecule has 0 unspecified atom stereocenters. The molecule has 0 fully saturated rings. The molecule has 3 nitrogen and oxygen atoms in total. The maximum Gasteiger partial charge on any atom is 0.0912 e. The zero-order chi connectivity index (χ0) is 15.5. The van der Waals surface area contributed by atoms with Gasteiger partial charge in [-0.15, -0.1) is 12.4 Å². The van der Waals surface area contributed by atoms with Gasteiger partial charge in [0, 0.05) is 18.3 Å². The van der Waals surface area contributed by atoms with Crippen molar-refractivity contribution in [2.45, 2.75) is 19.1 Å². The van der Waals surface area contributed by atoms with Crippen LogP contribution in [0.15, 0.2) is 60.8 Å². The maximum absolute atomic E-state index is 10.7. The monoisotopic (exact) mass is 330 g/mol. The van der Waals surface area contributed by atoms with Gasteiger partial charge in [0.25, 0.3) is 0 Å². The van der Waals surface area contributed by atoms with Gasteiger partial charge in [0.15, 0.2) is 0 Å². The van der Waals surface area contributed by atoms with E-state index >= 15 is 0 Å². The summed E-state index contributed by atoms with van der Waals surface area (Å²) in [7, 11) is 1.86. The molecule has 0 aliphatic rings. The lowest BCUT2D eigenvalue weighted by Crippen LogP contribution is -2.33. The van der Waals surface area contributed by atoms with Gasteiger partial charge < -0.3 is 15.0 Å². The Bertz CT molecular complexity index is 751. The molecule has 0 aliphatic heterocycles. The van der Waals surface area contributed by atoms with Crippen LogP contribution in [0.2, 0.25) is 0 Å². The first kappa shape index (κ1) is 17.5. The van der Waals surface area contributed by atoms with Gasteiger partial charge in [-0.1, -0.05) is 48.0 Å². The van der Waals surface area contributed by atoms with Gasteiger partial charge in [0.2, 0.25) is 0 Å². The van der Waals surface area contributed by atoms with Crippen molar-refractivity contribution in [2.75, 3.05) is 13.6 Å². The lowest BCUT2D eigenvalue weighted by molar-refractivity contribution is 0.132. The Labute approximate surface area is 143 Å². The standard InChI is InChI=1S/C19H22N2O.ClH/c1-14-7-9-16(10-8-14)19(18(22)13-20-2)21-12-11-15-5-3-4-6-17(15)21;/h3-12,18-20,22H,13H2,1-2H3;1H/t18-,19+;/m1./s1. The van der Waals surface area contributed by atoms with Crippen molar-refractivity contribution >= 4 is 23.3 Å². The predicted octanol–water partition coefficient (Wildman–Crippen LogP) is 3.54. The number of halogens is 1. The first-order valence-corrected chi connectivity index (χ1v) is 7.65. The lowest BCUT2D eigenvalue weighted by Gasteiger charge is -2.26. The molecule has 0 spiro atoms. The van der Waals surface area contributed by atoms with E-state index in [0.29, 0.717) is 6.54 Å². The van der Waals surface area contributed by atoms with Gasteiger partial charge in [0.1, 0.15) is 0 Å². The SMILES string of the molecule is CNC[C@@H](O)[C@H](c1ccc(C)cc1)n1ccc2ccccc21.Cl. The van der Waals surface area contributed by atoms with Crippen molar-refractivity contribution in [3.05, 3.63) is 71.9 Å². The smallest absolute Gasteiger partial charge is 0.0912 e. The van der Waals surface area contributed by atoms with E-state index in [9.17, 15) is 5.11 Å². The first-order valence-electron chi connectivity index (χ1n) is 7.65. The molecule has 2 atom stereocenters. The van der Waals surface area contributed by atoms with Crippen LogP contribution in [0.25, 0.3) is 10.9 Å². The number of nitrogens with zero attached hydrogens (tertiary/aromatic N) is 1. The van der Waals surface area contributed by atoms with Crippen LogP contribution in [-0.2, 0) is 0 Å². The van der Waals surface area contributed by atoms with Crippen LogP contribution in [0.1, 0.15) is 17.2 Å². The van der Waals surface area contributed by atoms with E-state index < -0.39 is 6.10 Å². The number of rotatable bonds is 5. The number of aromatic nitrogens is 1. The third-order valence-electron chi connectivity index (χ3n) is 4.13. The lowest BCUT2D eigenvalue weighted by atomic mass is 9.99. The quantitative estimate of drug-likeness (QED) is 0.750. The number of aliphatic hydroxyl groups is 1. The van der Waals surface area contributed by atoms with Gasteiger partial charge in [-0.3, -0.25) is 0 Å². The fourth-order valence-electron chi connectivity index (χ4n) is 3.00. The molecule has 3 aromatic rings. The molecule has 122 valence electrons. The maximum atomic E-state index is 10.7. The van der Waals surface area contributed by atoms with E-state index in [1.165, 1.54) is 10.9 Å². The van der Waals surface area contributed by atoms with Crippen molar-refractivity contribution in [2.24, 2.45) is 0 Å². The Morgan fingerprint density at radius 1 is 1.04 bits per heavy atom. The second-order valence-corrected chi connectivity index (χ2v) is 5.76. The molecule has 0 radical (unpaired) electrons. The van der Waals surface area contributed by atoms with E-state index in [2.05, 4.69) is 65.5 Å². The highest BCUT2D eigenvalue weighted by Gasteiger charge is 2.23. The highest BCUT2D eigenvalue weighted by molar-refractivity contribution is 5.85. The number of fused-ring (bicyclic) bond motifs is 1. The summed E-state index contributed by atoms with van der Waals surface area (Å²) in [5.74, 6) is 0. The highest BCUT2D eigenvalue weighted by atomic mass is 35.5. The molecular formula is C19H23ClN2O. The van der Waals surface area contributed by atoms with E-state index in [4.69, 9.17) is 0 Å². The molecular weight excluding hydrogens is 308 g/mol. The number of hydrogen-bond acceptors (Lipinski definition) is 2. The summed E-state index contributed by atoms with van der Waals surface area (Å²) < 4.78 is 2.17. The number of aryl methyl sites for hydroxylation is 1. The first-order chi connectivity index (χ1) is 10.7. The zero-order valence-corrected chi connectivity index (χ0v) is 14.3. The summed E-state index contributed by atoms with van der Waals surface area (Å²) in [6, 6.07) is 18.7. The van der Waals surface area contributed by atoms with Gasteiger partial charge in [0.05, 0.1) is 12.1 Å². The predicted molar refractivity (Wildman–Crippen MR) is 98.4 cm³/mol. The number of likely N-dealkylation sites (N-methyl/N-ethyl adjacent to an activating group) is 1. The second kappa shape index (κ2) is 7.64. The fourth-order valence-corrected chi connectivity index (χ4v) is 3.00. The number of benzene rings is 2. The third-order valence-corrected chi connectivity index (χ3v) is 4.13. The second-order valence-electron chi connectivity index (χ2n) is 5.76. The van der Waals surface area contributed by atoms with Crippen LogP contribution < -0.4 is 5.32 Å². The number of hydrogen-bond donors (Lipinski definition) is 2. The highest BCUT2D eigenvalue weighted by Crippen LogP contribution is 2.28. The summed E-state index contributed by atoms with van der Waals surface area (Å²) in [5, 5.41) is 14.9. The van der Waals surface area contributed by atoms with Gasteiger partial charge in [-0.2, -0.15) is 0 Å². The van der Waals surface area contributed by atoms with Crippen LogP contribution in [0.5, 0.6) is 0 Å². The molecule has 0 aliphatic carbocycles. The van der Waals surface area contributed by atoms with Gasteiger partial charge >= 0.3 is 0 Å². The van der Waals surface area contributed by atoms with Gasteiger partial charge in [-0.05, 0) is 37.1 Å².